The topological polar surface area (TPSA) is 58.6 Å². The highest BCUT2D eigenvalue weighted by atomic mass is 16.5. The van der Waals surface area contributed by atoms with Crippen molar-refractivity contribution in [2.24, 2.45) is 0 Å². The van der Waals surface area contributed by atoms with Crippen molar-refractivity contribution in [1.82, 2.24) is 10.2 Å². The lowest BCUT2D eigenvalue weighted by atomic mass is 10.1. The molecule has 19 heavy (non-hydrogen) atoms. The Bertz CT molecular complexity index is 535. The fourth-order valence-electron chi connectivity index (χ4n) is 2.53. The van der Waals surface area contributed by atoms with Crippen LogP contribution >= 0.6 is 0 Å². The average molecular weight is 260 g/mol. The molecule has 2 aliphatic heterocycles. The lowest BCUT2D eigenvalue weighted by Crippen LogP contribution is -2.49. The number of hydrogen-bond donors (Lipinski definition) is 1. The second kappa shape index (κ2) is 4.75. The minimum Gasteiger partial charge on any atom is -0.378 e. The first kappa shape index (κ1) is 12.3. The molecule has 1 aromatic carbocycles. The van der Waals surface area contributed by atoms with Gasteiger partial charge in [0, 0.05) is 19.1 Å². The molecule has 1 atom stereocenters. The van der Waals surface area contributed by atoms with Crippen LogP contribution in [-0.2, 0) is 4.74 Å². The summed E-state index contributed by atoms with van der Waals surface area (Å²) in [7, 11) is 0. The molecule has 0 spiro atoms. The maximum absolute atomic E-state index is 12.3. The molecule has 0 bridgehead atoms. The number of benzene rings is 1. The van der Waals surface area contributed by atoms with Crippen molar-refractivity contribution in [3.05, 3.63) is 34.9 Å². The summed E-state index contributed by atoms with van der Waals surface area (Å²) in [5.74, 6) is -0.400. The second-order valence-electron chi connectivity index (χ2n) is 5.00. The summed E-state index contributed by atoms with van der Waals surface area (Å²) in [6.07, 6.45) is 0. The molecule has 5 heteroatoms. The van der Waals surface area contributed by atoms with Crippen molar-refractivity contribution in [1.29, 1.82) is 0 Å². The molecule has 0 aromatic heterocycles. The molecule has 100 valence electrons. The van der Waals surface area contributed by atoms with Crippen LogP contribution in [0.1, 0.15) is 26.3 Å². The van der Waals surface area contributed by atoms with Gasteiger partial charge in [0.05, 0.1) is 24.3 Å². The monoisotopic (exact) mass is 260 g/mol. The zero-order valence-corrected chi connectivity index (χ0v) is 10.8. The Balaban J connectivity index is 1.81. The molecule has 0 saturated carbocycles. The molecule has 0 radical (unpaired) electrons. The van der Waals surface area contributed by atoms with E-state index in [1.165, 1.54) is 4.90 Å². The second-order valence-corrected chi connectivity index (χ2v) is 5.00. The molecule has 2 aliphatic rings. The lowest BCUT2D eigenvalue weighted by molar-refractivity contribution is 0.0486. The Labute approximate surface area is 111 Å². The minimum absolute atomic E-state index is 0.0251. The molecule has 2 amide bonds. The predicted molar refractivity (Wildman–Crippen MR) is 69.2 cm³/mol. The molecule has 1 unspecified atom stereocenters. The standard InChI is InChI=1S/C14H16N2O3/c1-9-2-3-11-12(6-9)14(18)16(13(11)17)7-10-8-19-5-4-15-10/h2-3,6,10,15H,4-5,7-8H2,1H3. The average Bonchev–Trinajstić information content (AvgIpc) is 2.65. The number of nitrogens with zero attached hydrogens (tertiary/aromatic N) is 1. The Hall–Kier alpha value is -1.72. The Morgan fingerprint density at radius 3 is 2.84 bits per heavy atom. The Morgan fingerprint density at radius 1 is 1.32 bits per heavy atom. The van der Waals surface area contributed by atoms with Crippen molar-refractivity contribution >= 4 is 11.8 Å². The van der Waals surface area contributed by atoms with Crippen molar-refractivity contribution in [3.8, 4) is 0 Å². The fraction of sp³-hybridized carbons (Fsp3) is 0.429. The van der Waals surface area contributed by atoms with E-state index in [2.05, 4.69) is 5.32 Å². The van der Waals surface area contributed by atoms with Gasteiger partial charge >= 0.3 is 0 Å². The van der Waals surface area contributed by atoms with Gasteiger partial charge in [-0.1, -0.05) is 11.6 Å². The van der Waals surface area contributed by atoms with Crippen LogP contribution in [0.25, 0.3) is 0 Å². The first-order valence-electron chi connectivity index (χ1n) is 6.45. The number of rotatable bonds is 2. The van der Waals surface area contributed by atoms with Crippen LogP contribution in [0.15, 0.2) is 18.2 Å². The van der Waals surface area contributed by atoms with E-state index >= 15 is 0 Å². The van der Waals surface area contributed by atoms with Gasteiger partial charge in [0.15, 0.2) is 0 Å². The summed E-state index contributed by atoms with van der Waals surface area (Å²) in [4.78, 5) is 25.8. The Morgan fingerprint density at radius 2 is 2.11 bits per heavy atom. The minimum atomic E-state index is -0.202. The van der Waals surface area contributed by atoms with Crippen molar-refractivity contribution < 1.29 is 14.3 Å². The van der Waals surface area contributed by atoms with E-state index in [1.807, 2.05) is 13.0 Å². The van der Waals surface area contributed by atoms with E-state index in [0.29, 0.717) is 30.9 Å². The summed E-state index contributed by atoms with van der Waals surface area (Å²) < 4.78 is 5.35. The van der Waals surface area contributed by atoms with Crippen LogP contribution in [0.4, 0.5) is 0 Å². The van der Waals surface area contributed by atoms with Crippen molar-refractivity contribution in [3.63, 3.8) is 0 Å². The number of amides is 2. The van der Waals surface area contributed by atoms with Gasteiger partial charge in [-0.25, -0.2) is 0 Å². The van der Waals surface area contributed by atoms with Crippen LogP contribution in [-0.4, -0.2) is 49.1 Å². The zero-order valence-electron chi connectivity index (χ0n) is 10.8. The molecular weight excluding hydrogens is 244 g/mol. The summed E-state index contributed by atoms with van der Waals surface area (Å²) in [6, 6.07) is 5.39. The lowest BCUT2D eigenvalue weighted by Gasteiger charge is -2.27. The van der Waals surface area contributed by atoms with E-state index < -0.39 is 0 Å². The molecule has 3 rings (SSSR count). The van der Waals surface area contributed by atoms with Gasteiger partial charge in [-0.05, 0) is 19.1 Å². The number of hydrogen-bond acceptors (Lipinski definition) is 4. The van der Waals surface area contributed by atoms with Gasteiger partial charge < -0.3 is 10.1 Å². The van der Waals surface area contributed by atoms with Crippen molar-refractivity contribution in [2.45, 2.75) is 13.0 Å². The number of fused-ring (bicyclic) bond motifs is 1. The quantitative estimate of drug-likeness (QED) is 0.790. The van der Waals surface area contributed by atoms with E-state index in [0.717, 1.165) is 12.1 Å². The van der Waals surface area contributed by atoms with Crippen LogP contribution in [0.5, 0.6) is 0 Å². The SMILES string of the molecule is Cc1ccc2c(c1)C(=O)N(CC1COCCN1)C2=O. The van der Waals surface area contributed by atoms with Crippen LogP contribution < -0.4 is 5.32 Å². The number of morpholine rings is 1. The maximum atomic E-state index is 12.3. The molecule has 1 N–H and O–H groups in total. The summed E-state index contributed by atoms with van der Waals surface area (Å²) in [5.41, 5.74) is 2.01. The van der Waals surface area contributed by atoms with E-state index in [-0.39, 0.29) is 17.9 Å². The maximum Gasteiger partial charge on any atom is 0.261 e. The molecule has 0 aliphatic carbocycles. The van der Waals surface area contributed by atoms with Gasteiger partial charge in [-0.15, -0.1) is 0 Å². The summed E-state index contributed by atoms with van der Waals surface area (Å²) in [6.45, 7) is 4.25. The van der Waals surface area contributed by atoms with E-state index in [4.69, 9.17) is 4.74 Å². The zero-order chi connectivity index (χ0) is 13.4. The van der Waals surface area contributed by atoms with Crippen molar-refractivity contribution in [2.75, 3.05) is 26.3 Å². The molecule has 1 fully saturated rings. The number of aryl methyl sites for hydroxylation is 1. The van der Waals surface area contributed by atoms with Gasteiger partial charge in [0.1, 0.15) is 0 Å². The molecule has 5 nitrogen and oxygen atoms in total. The first-order valence-corrected chi connectivity index (χ1v) is 6.45. The highest BCUT2D eigenvalue weighted by Gasteiger charge is 2.36. The number of ether oxygens (including phenoxy) is 1. The van der Waals surface area contributed by atoms with Gasteiger partial charge in [-0.2, -0.15) is 0 Å². The molecule has 1 aromatic rings. The third-order valence-electron chi connectivity index (χ3n) is 3.53. The third-order valence-corrected chi connectivity index (χ3v) is 3.53. The molecule has 1 saturated heterocycles. The summed E-state index contributed by atoms with van der Waals surface area (Å²) in [5, 5.41) is 3.25. The number of carbonyl (C=O) groups is 2. The largest absolute Gasteiger partial charge is 0.378 e. The number of nitrogens with one attached hydrogen (secondary N) is 1. The smallest absolute Gasteiger partial charge is 0.261 e. The predicted octanol–water partition coefficient (Wildman–Crippen LogP) is 0.579. The first-order chi connectivity index (χ1) is 9.16. The summed E-state index contributed by atoms with van der Waals surface area (Å²) >= 11 is 0. The highest BCUT2D eigenvalue weighted by molar-refractivity contribution is 6.21. The van der Waals surface area contributed by atoms with E-state index in [9.17, 15) is 9.59 Å². The van der Waals surface area contributed by atoms with Gasteiger partial charge in [0.25, 0.3) is 11.8 Å². The van der Waals surface area contributed by atoms with E-state index in [1.54, 1.807) is 12.1 Å². The normalized spacial score (nSPS) is 22.8. The van der Waals surface area contributed by atoms with Gasteiger partial charge in [0.2, 0.25) is 0 Å². The van der Waals surface area contributed by atoms with Gasteiger partial charge in [-0.3, -0.25) is 14.5 Å². The number of imide groups is 1. The highest BCUT2D eigenvalue weighted by Crippen LogP contribution is 2.24. The number of carbonyl (C=O) groups excluding carboxylic acids is 2. The Kier molecular flexibility index (Phi) is 3.08. The van der Waals surface area contributed by atoms with Crippen LogP contribution in [0, 0.1) is 6.92 Å². The molecule has 2 heterocycles. The van der Waals surface area contributed by atoms with Crippen LogP contribution in [0.3, 0.4) is 0 Å². The fourth-order valence-corrected chi connectivity index (χ4v) is 2.53. The molecular formula is C14H16N2O3. The van der Waals surface area contributed by atoms with Crippen LogP contribution in [0.2, 0.25) is 0 Å². The third kappa shape index (κ3) is 2.15.